The van der Waals surface area contributed by atoms with Gasteiger partial charge in [-0.05, 0) is 6.07 Å². The van der Waals surface area contributed by atoms with Crippen LogP contribution in [-0.2, 0) is 6.54 Å². The molecular formula is C9H12NO2+. The summed E-state index contributed by atoms with van der Waals surface area (Å²) in [4.78, 5) is 10.5. The average Bonchev–Trinajstić information content (AvgIpc) is 2.05. The summed E-state index contributed by atoms with van der Waals surface area (Å²) in [5.74, 6) is -0.875. The number of hydrogen-bond donors (Lipinski definition) is 1. The maximum atomic E-state index is 10.5. The molecule has 1 aromatic rings. The van der Waals surface area contributed by atoms with Crippen LogP contribution in [0.25, 0.3) is 0 Å². The molecule has 0 saturated carbocycles. The molecule has 0 amide bonds. The van der Waals surface area contributed by atoms with Crippen LogP contribution < -0.4 is 4.57 Å². The van der Waals surface area contributed by atoms with Crippen LogP contribution >= 0.6 is 0 Å². The Morgan fingerprint density at radius 1 is 1.67 bits per heavy atom. The van der Waals surface area contributed by atoms with E-state index in [1.165, 1.54) is 0 Å². The second-order valence-corrected chi connectivity index (χ2v) is 2.64. The highest BCUT2D eigenvalue weighted by Gasteiger charge is 2.06. The van der Waals surface area contributed by atoms with Crippen molar-refractivity contribution in [3.05, 3.63) is 30.1 Å². The highest BCUT2D eigenvalue weighted by molar-refractivity contribution is 5.86. The summed E-state index contributed by atoms with van der Waals surface area (Å²) in [5, 5.41) is 8.66. The quantitative estimate of drug-likeness (QED) is 0.683. The number of pyridine rings is 1. The van der Waals surface area contributed by atoms with Gasteiger partial charge in [-0.3, -0.25) is 0 Å². The van der Waals surface area contributed by atoms with Crippen LogP contribution in [0.1, 0.15) is 23.7 Å². The van der Waals surface area contributed by atoms with Crippen molar-refractivity contribution in [1.82, 2.24) is 0 Å². The smallest absolute Gasteiger partial charge is 0.341 e. The first-order chi connectivity index (χ1) is 5.74. The van der Waals surface area contributed by atoms with E-state index < -0.39 is 5.97 Å². The van der Waals surface area contributed by atoms with Crippen LogP contribution in [0.5, 0.6) is 0 Å². The molecule has 0 atom stereocenters. The molecule has 0 spiro atoms. The largest absolute Gasteiger partial charge is 0.477 e. The third-order valence-corrected chi connectivity index (χ3v) is 1.59. The first kappa shape index (κ1) is 8.71. The Labute approximate surface area is 71.3 Å². The minimum atomic E-state index is -0.875. The van der Waals surface area contributed by atoms with E-state index in [1.54, 1.807) is 18.3 Å². The summed E-state index contributed by atoms with van der Waals surface area (Å²) in [6.45, 7) is 2.92. The van der Waals surface area contributed by atoms with Crippen LogP contribution in [-0.4, -0.2) is 11.1 Å². The predicted octanol–water partition coefficient (Wildman–Crippen LogP) is 1.08. The van der Waals surface area contributed by atoms with Gasteiger partial charge in [-0.25, -0.2) is 9.36 Å². The number of aromatic nitrogens is 1. The van der Waals surface area contributed by atoms with Crippen molar-refractivity contribution in [2.45, 2.75) is 19.9 Å². The third kappa shape index (κ3) is 2.05. The maximum absolute atomic E-state index is 10.5. The summed E-state index contributed by atoms with van der Waals surface area (Å²) >= 11 is 0. The Kier molecular flexibility index (Phi) is 2.80. The standard InChI is InChI=1S/C9H11NO2/c1-2-5-10-6-3-4-8(7-10)9(11)12/h3-4,6-7H,2,5H2,1H3/p+1. The van der Waals surface area contributed by atoms with Gasteiger partial charge in [0.1, 0.15) is 12.1 Å². The molecule has 1 aromatic heterocycles. The molecule has 1 rings (SSSR count). The summed E-state index contributed by atoms with van der Waals surface area (Å²) in [6.07, 6.45) is 4.52. The van der Waals surface area contributed by atoms with Crippen LogP contribution in [0.4, 0.5) is 0 Å². The van der Waals surface area contributed by atoms with Crippen molar-refractivity contribution in [3.63, 3.8) is 0 Å². The van der Waals surface area contributed by atoms with Gasteiger partial charge in [-0.2, -0.15) is 0 Å². The van der Waals surface area contributed by atoms with Gasteiger partial charge in [0.25, 0.3) is 0 Å². The number of aryl methyl sites for hydroxylation is 1. The van der Waals surface area contributed by atoms with Crippen molar-refractivity contribution >= 4 is 5.97 Å². The molecule has 3 heteroatoms. The van der Waals surface area contributed by atoms with Gasteiger partial charge < -0.3 is 5.11 Å². The Morgan fingerprint density at radius 3 is 3.00 bits per heavy atom. The lowest BCUT2D eigenvalue weighted by atomic mass is 10.3. The number of carboxylic acids is 1. The molecule has 1 heterocycles. The van der Waals surface area contributed by atoms with Gasteiger partial charge in [0.2, 0.25) is 0 Å². The Bertz CT molecular complexity index is 284. The highest BCUT2D eigenvalue weighted by Crippen LogP contribution is 1.93. The lowest BCUT2D eigenvalue weighted by Gasteiger charge is -1.94. The van der Waals surface area contributed by atoms with Crippen LogP contribution in [0.3, 0.4) is 0 Å². The van der Waals surface area contributed by atoms with Crippen molar-refractivity contribution in [2.75, 3.05) is 0 Å². The molecule has 0 aliphatic heterocycles. The fourth-order valence-electron chi connectivity index (χ4n) is 1.05. The zero-order chi connectivity index (χ0) is 8.97. The number of hydrogen-bond acceptors (Lipinski definition) is 1. The molecule has 0 unspecified atom stereocenters. The van der Waals surface area contributed by atoms with Gasteiger partial charge in [-0.1, -0.05) is 6.92 Å². The zero-order valence-corrected chi connectivity index (χ0v) is 7.03. The second kappa shape index (κ2) is 3.85. The SMILES string of the molecule is CCC[n+]1cccc(C(=O)O)c1. The zero-order valence-electron chi connectivity index (χ0n) is 7.03. The van der Waals surface area contributed by atoms with Gasteiger partial charge in [-0.15, -0.1) is 0 Å². The fourth-order valence-corrected chi connectivity index (χ4v) is 1.05. The van der Waals surface area contributed by atoms with Crippen LogP contribution in [0.15, 0.2) is 24.5 Å². The monoisotopic (exact) mass is 166 g/mol. The molecule has 3 nitrogen and oxygen atoms in total. The van der Waals surface area contributed by atoms with E-state index in [9.17, 15) is 4.79 Å². The number of rotatable bonds is 3. The number of aromatic carboxylic acids is 1. The van der Waals surface area contributed by atoms with E-state index >= 15 is 0 Å². The molecule has 64 valence electrons. The summed E-state index contributed by atoms with van der Waals surface area (Å²) in [6, 6.07) is 3.34. The minimum absolute atomic E-state index is 0.339. The Balaban J connectivity index is 2.88. The molecule has 0 aliphatic rings. The highest BCUT2D eigenvalue weighted by atomic mass is 16.4. The summed E-state index contributed by atoms with van der Waals surface area (Å²) < 4.78 is 1.88. The third-order valence-electron chi connectivity index (χ3n) is 1.59. The molecule has 0 aliphatic carbocycles. The lowest BCUT2D eigenvalue weighted by Crippen LogP contribution is -2.33. The first-order valence-electron chi connectivity index (χ1n) is 3.96. The summed E-state index contributed by atoms with van der Waals surface area (Å²) in [7, 11) is 0. The molecule has 0 bridgehead atoms. The number of carboxylic acid groups (broad SMARTS) is 1. The van der Waals surface area contributed by atoms with Crippen molar-refractivity contribution in [3.8, 4) is 0 Å². The van der Waals surface area contributed by atoms with Gasteiger partial charge in [0, 0.05) is 12.5 Å². The van der Waals surface area contributed by atoms with E-state index in [0.717, 1.165) is 13.0 Å². The average molecular weight is 166 g/mol. The predicted molar refractivity (Wildman–Crippen MR) is 43.9 cm³/mol. The second-order valence-electron chi connectivity index (χ2n) is 2.64. The van der Waals surface area contributed by atoms with Gasteiger partial charge >= 0.3 is 5.97 Å². The van der Waals surface area contributed by atoms with E-state index in [4.69, 9.17) is 5.11 Å². The van der Waals surface area contributed by atoms with Crippen LogP contribution in [0, 0.1) is 0 Å². The molecular weight excluding hydrogens is 154 g/mol. The number of nitrogens with zero attached hydrogens (tertiary/aromatic N) is 1. The van der Waals surface area contributed by atoms with Crippen molar-refractivity contribution < 1.29 is 14.5 Å². The summed E-state index contributed by atoms with van der Waals surface area (Å²) in [5.41, 5.74) is 0.339. The minimum Gasteiger partial charge on any atom is -0.477 e. The van der Waals surface area contributed by atoms with E-state index in [-0.39, 0.29) is 0 Å². The Morgan fingerprint density at radius 2 is 2.42 bits per heavy atom. The van der Waals surface area contributed by atoms with E-state index in [2.05, 4.69) is 6.92 Å². The molecule has 0 radical (unpaired) electrons. The van der Waals surface area contributed by atoms with E-state index in [0.29, 0.717) is 5.56 Å². The lowest BCUT2D eigenvalue weighted by molar-refractivity contribution is -0.697. The molecule has 0 fully saturated rings. The first-order valence-corrected chi connectivity index (χ1v) is 3.96. The van der Waals surface area contributed by atoms with Crippen molar-refractivity contribution in [1.29, 1.82) is 0 Å². The van der Waals surface area contributed by atoms with Gasteiger partial charge in [0.15, 0.2) is 12.4 Å². The number of carbonyl (C=O) groups is 1. The maximum Gasteiger partial charge on any atom is 0.341 e. The fraction of sp³-hybridized carbons (Fsp3) is 0.333. The Hall–Kier alpha value is -1.38. The van der Waals surface area contributed by atoms with Gasteiger partial charge in [0.05, 0.1) is 0 Å². The topological polar surface area (TPSA) is 41.2 Å². The molecule has 0 saturated heterocycles. The van der Waals surface area contributed by atoms with Crippen LogP contribution in [0.2, 0.25) is 0 Å². The van der Waals surface area contributed by atoms with Crippen molar-refractivity contribution in [2.24, 2.45) is 0 Å². The molecule has 12 heavy (non-hydrogen) atoms. The molecule has 1 N–H and O–H groups in total. The molecule has 0 aromatic carbocycles. The normalized spacial score (nSPS) is 9.75. The van der Waals surface area contributed by atoms with E-state index in [1.807, 2.05) is 10.8 Å².